The minimum Gasteiger partial charge on any atom is -0.301 e. The van der Waals surface area contributed by atoms with Crippen LogP contribution in [0.25, 0.3) is 0 Å². The third kappa shape index (κ3) is 2.04. The number of hydrogen-bond acceptors (Lipinski definition) is 1. The third-order valence-electron chi connectivity index (χ3n) is 4.48. The van der Waals surface area contributed by atoms with Gasteiger partial charge in [0.25, 0.3) is 6.33 Å². The maximum Gasteiger partial charge on any atom is 0.416 e. The molecule has 1 saturated heterocycles. The van der Waals surface area contributed by atoms with Gasteiger partial charge in [-0.2, -0.15) is 4.57 Å². The van der Waals surface area contributed by atoms with E-state index < -0.39 is 0 Å². The molecule has 1 aromatic heterocycles. The molecule has 1 unspecified atom stereocenters. The lowest BCUT2D eigenvalue weighted by Crippen LogP contribution is -2.41. The van der Waals surface area contributed by atoms with Crippen LogP contribution in [0.5, 0.6) is 0 Å². The number of aryl methyl sites for hydroxylation is 1. The molecule has 18 heavy (non-hydrogen) atoms. The van der Waals surface area contributed by atoms with E-state index in [1.807, 2.05) is 30.3 Å². The van der Waals surface area contributed by atoms with Crippen LogP contribution in [0.2, 0.25) is 0 Å². The zero-order valence-electron chi connectivity index (χ0n) is 11.1. The van der Waals surface area contributed by atoms with Gasteiger partial charge in [0.2, 0.25) is 0 Å². The Morgan fingerprint density at radius 3 is 2.67 bits per heavy atom. The molecule has 4 nitrogen and oxygen atoms in total. The number of amides is 1. The monoisotopic (exact) mass is 248 g/mol. The summed E-state index contributed by atoms with van der Waals surface area (Å²) in [4.78, 5) is 14.6. The highest BCUT2D eigenvalue weighted by Crippen LogP contribution is 2.35. The number of likely N-dealkylation sites (tertiary alicyclic amines) is 1. The standard InChI is InChI=1S/C14H22N3O/c1-15-9-10-16(11-15)14(18)17-8-4-7-13(17)12-5-2-3-6-12/h9-13H,2-8H2,1H3/q+1. The number of aromatic nitrogens is 2. The quantitative estimate of drug-likeness (QED) is 0.698. The molecule has 4 heteroatoms. The van der Waals surface area contributed by atoms with Crippen molar-refractivity contribution >= 4 is 6.03 Å². The van der Waals surface area contributed by atoms with E-state index in [1.165, 1.54) is 38.5 Å². The van der Waals surface area contributed by atoms with Crippen LogP contribution in [0.3, 0.4) is 0 Å². The summed E-state index contributed by atoms with van der Waals surface area (Å²) in [6, 6.07) is 0.651. The number of carbonyl (C=O) groups is 1. The van der Waals surface area contributed by atoms with E-state index >= 15 is 0 Å². The fraction of sp³-hybridized carbons (Fsp3) is 0.714. The predicted octanol–water partition coefficient (Wildman–Crippen LogP) is 1.94. The van der Waals surface area contributed by atoms with Crippen LogP contribution in [0.15, 0.2) is 18.7 Å². The van der Waals surface area contributed by atoms with Gasteiger partial charge in [-0.05, 0) is 31.6 Å². The molecule has 98 valence electrons. The second kappa shape index (κ2) is 4.75. The molecule has 1 amide bonds. The number of hydrogen-bond donors (Lipinski definition) is 0. The molecule has 1 aromatic rings. The van der Waals surface area contributed by atoms with Crippen molar-refractivity contribution in [3.8, 4) is 0 Å². The van der Waals surface area contributed by atoms with Crippen LogP contribution >= 0.6 is 0 Å². The summed E-state index contributed by atoms with van der Waals surface area (Å²) in [6.45, 7) is 0.932. The molecule has 0 radical (unpaired) electrons. The lowest BCUT2D eigenvalue weighted by atomic mass is 9.96. The molecule has 0 spiro atoms. The normalized spacial score (nSPS) is 24.9. The molecule has 2 aliphatic rings. The molecule has 0 aromatic carbocycles. The first-order valence-electron chi connectivity index (χ1n) is 7.10. The van der Waals surface area contributed by atoms with E-state index in [-0.39, 0.29) is 6.03 Å². The number of imidazole rings is 1. The predicted molar refractivity (Wildman–Crippen MR) is 68.1 cm³/mol. The third-order valence-corrected chi connectivity index (χ3v) is 4.48. The zero-order chi connectivity index (χ0) is 12.5. The van der Waals surface area contributed by atoms with Gasteiger partial charge in [0.15, 0.2) is 0 Å². The second-order valence-corrected chi connectivity index (χ2v) is 5.72. The van der Waals surface area contributed by atoms with Crippen molar-refractivity contribution in [2.75, 3.05) is 6.54 Å². The lowest BCUT2D eigenvalue weighted by molar-refractivity contribution is -0.670. The molecule has 2 fully saturated rings. The lowest BCUT2D eigenvalue weighted by Gasteiger charge is -2.27. The summed E-state index contributed by atoms with van der Waals surface area (Å²) in [7, 11) is 1.95. The highest BCUT2D eigenvalue weighted by atomic mass is 16.2. The van der Waals surface area contributed by atoms with Crippen LogP contribution in [-0.2, 0) is 7.05 Å². The first kappa shape index (κ1) is 11.8. The average molecular weight is 248 g/mol. The summed E-state index contributed by atoms with van der Waals surface area (Å²) >= 11 is 0. The van der Waals surface area contributed by atoms with E-state index in [2.05, 4.69) is 4.90 Å². The molecule has 2 heterocycles. The fourth-order valence-electron chi connectivity index (χ4n) is 3.57. The molecular weight excluding hydrogens is 226 g/mol. The number of rotatable bonds is 1. The summed E-state index contributed by atoms with van der Waals surface area (Å²) in [6.07, 6.45) is 13.3. The largest absolute Gasteiger partial charge is 0.416 e. The van der Waals surface area contributed by atoms with Gasteiger partial charge in [-0.25, -0.2) is 9.36 Å². The van der Waals surface area contributed by atoms with Gasteiger partial charge in [0.05, 0.1) is 7.05 Å². The van der Waals surface area contributed by atoms with Crippen molar-refractivity contribution in [1.82, 2.24) is 9.47 Å². The SMILES string of the molecule is C[n+]1ccn(C(=O)N2CCCC2C2CCCC2)c1. The maximum absolute atomic E-state index is 12.5. The zero-order valence-corrected chi connectivity index (χ0v) is 11.1. The van der Waals surface area contributed by atoms with Gasteiger partial charge in [-0.15, -0.1) is 0 Å². The molecule has 0 N–H and O–H groups in total. The van der Waals surface area contributed by atoms with Crippen molar-refractivity contribution in [1.29, 1.82) is 0 Å². The minimum atomic E-state index is 0.157. The van der Waals surface area contributed by atoms with Gasteiger partial charge in [0, 0.05) is 12.6 Å². The highest BCUT2D eigenvalue weighted by Gasteiger charge is 2.38. The Morgan fingerprint density at radius 1 is 1.22 bits per heavy atom. The van der Waals surface area contributed by atoms with Gasteiger partial charge in [-0.3, -0.25) is 0 Å². The molecule has 1 aliphatic carbocycles. The van der Waals surface area contributed by atoms with Crippen LogP contribution in [0, 0.1) is 5.92 Å². The Labute approximate surface area is 108 Å². The molecule has 1 atom stereocenters. The summed E-state index contributed by atoms with van der Waals surface area (Å²) in [5, 5.41) is 0. The number of carbonyl (C=O) groups excluding carboxylic acids is 1. The van der Waals surface area contributed by atoms with E-state index in [0.29, 0.717) is 6.04 Å². The average Bonchev–Trinajstić information content (AvgIpc) is 3.08. The smallest absolute Gasteiger partial charge is 0.301 e. The Balaban J connectivity index is 1.75. The van der Waals surface area contributed by atoms with Crippen LogP contribution in [0.1, 0.15) is 38.5 Å². The summed E-state index contributed by atoms with van der Waals surface area (Å²) < 4.78 is 3.63. The van der Waals surface area contributed by atoms with Gasteiger partial charge in [-0.1, -0.05) is 12.8 Å². The van der Waals surface area contributed by atoms with E-state index in [9.17, 15) is 4.79 Å². The van der Waals surface area contributed by atoms with Crippen molar-refractivity contribution < 1.29 is 9.36 Å². The molecule has 1 saturated carbocycles. The maximum atomic E-state index is 12.5. The van der Waals surface area contributed by atoms with Crippen molar-refractivity contribution in [2.24, 2.45) is 13.0 Å². The summed E-state index contributed by atoms with van der Waals surface area (Å²) in [5.41, 5.74) is 0. The van der Waals surface area contributed by atoms with Crippen LogP contribution in [0.4, 0.5) is 4.79 Å². The Bertz CT molecular complexity index is 434. The Morgan fingerprint density at radius 2 is 2.00 bits per heavy atom. The fourth-order valence-corrected chi connectivity index (χ4v) is 3.57. The van der Waals surface area contributed by atoms with Crippen molar-refractivity contribution in [3.05, 3.63) is 18.7 Å². The van der Waals surface area contributed by atoms with Gasteiger partial charge >= 0.3 is 6.03 Å². The van der Waals surface area contributed by atoms with Crippen LogP contribution < -0.4 is 4.57 Å². The first-order chi connectivity index (χ1) is 8.75. The van der Waals surface area contributed by atoms with Crippen LogP contribution in [-0.4, -0.2) is 28.1 Å². The molecule has 0 bridgehead atoms. The summed E-state index contributed by atoms with van der Waals surface area (Å²) in [5.74, 6) is 0.751. The molecular formula is C14H22N3O+. The van der Waals surface area contributed by atoms with Crippen molar-refractivity contribution in [3.63, 3.8) is 0 Å². The Kier molecular flexibility index (Phi) is 3.10. The van der Waals surface area contributed by atoms with E-state index in [0.717, 1.165) is 12.5 Å². The molecule has 1 aliphatic heterocycles. The molecule has 3 rings (SSSR count). The van der Waals surface area contributed by atoms with E-state index in [4.69, 9.17) is 0 Å². The topological polar surface area (TPSA) is 29.1 Å². The van der Waals surface area contributed by atoms with Gasteiger partial charge in [0.1, 0.15) is 12.4 Å². The second-order valence-electron chi connectivity index (χ2n) is 5.72. The Hall–Kier alpha value is -1.32. The van der Waals surface area contributed by atoms with E-state index in [1.54, 1.807) is 4.57 Å². The van der Waals surface area contributed by atoms with Gasteiger partial charge < -0.3 is 4.90 Å². The first-order valence-corrected chi connectivity index (χ1v) is 7.10. The van der Waals surface area contributed by atoms with Crippen molar-refractivity contribution in [2.45, 2.75) is 44.6 Å². The number of nitrogens with zero attached hydrogens (tertiary/aromatic N) is 3. The minimum absolute atomic E-state index is 0.157. The highest BCUT2D eigenvalue weighted by molar-refractivity contribution is 5.77.